The van der Waals surface area contributed by atoms with Crippen molar-refractivity contribution in [2.45, 2.75) is 25.8 Å². The van der Waals surface area contributed by atoms with Crippen molar-refractivity contribution in [2.75, 3.05) is 18.4 Å². The maximum absolute atomic E-state index is 13.0. The summed E-state index contributed by atoms with van der Waals surface area (Å²) in [6.45, 7) is 3.87. The molecule has 0 aromatic heterocycles. The molecular formula is C19H21ClN2O. The molecule has 3 rings (SSSR count). The summed E-state index contributed by atoms with van der Waals surface area (Å²) in [6.07, 6.45) is 2.25. The minimum Gasteiger partial charge on any atom is -0.324 e. The average molecular weight is 329 g/mol. The number of aryl methyl sites for hydroxylation is 1. The number of hydrogen-bond acceptors (Lipinski definition) is 2. The van der Waals surface area contributed by atoms with Gasteiger partial charge in [-0.15, -0.1) is 0 Å². The number of nitrogens with zero attached hydrogens (tertiary/aromatic N) is 1. The SMILES string of the molecule is Cc1cccc(NC(=O)C(c2ccccc2Cl)N2CCCC2)c1. The number of rotatable bonds is 4. The predicted molar refractivity (Wildman–Crippen MR) is 94.8 cm³/mol. The van der Waals surface area contributed by atoms with Gasteiger partial charge in [-0.25, -0.2) is 0 Å². The number of hydrogen-bond donors (Lipinski definition) is 1. The molecule has 23 heavy (non-hydrogen) atoms. The van der Waals surface area contributed by atoms with Crippen LogP contribution in [-0.4, -0.2) is 23.9 Å². The topological polar surface area (TPSA) is 32.3 Å². The van der Waals surface area contributed by atoms with Crippen molar-refractivity contribution in [3.8, 4) is 0 Å². The molecule has 0 spiro atoms. The van der Waals surface area contributed by atoms with Gasteiger partial charge in [-0.2, -0.15) is 0 Å². The first kappa shape index (κ1) is 16.0. The highest BCUT2D eigenvalue weighted by Crippen LogP contribution is 2.31. The molecule has 1 fully saturated rings. The first-order chi connectivity index (χ1) is 11.1. The van der Waals surface area contributed by atoms with Gasteiger partial charge in [-0.05, 0) is 62.2 Å². The largest absolute Gasteiger partial charge is 0.324 e. The lowest BCUT2D eigenvalue weighted by Gasteiger charge is -2.27. The molecule has 2 aromatic carbocycles. The molecule has 3 nitrogen and oxygen atoms in total. The molecular weight excluding hydrogens is 308 g/mol. The fraction of sp³-hybridized carbons (Fsp3) is 0.316. The van der Waals surface area contributed by atoms with Crippen LogP contribution in [0.25, 0.3) is 0 Å². The van der Waals surface area contributed by atoms with Crippen LogP contribution in [0.5, 0.6) is 0 Å². The first-order valence-electron chi connectivity index (χ1n) is 8.01. The number of benzene rings is 2. The quantitative estimate of drug-likeness (QED) is 0.900. The highest BCUT2D eigenvalue weighted by atomic mass is 35.5. The monoisotopic (exact) mass is 328 g/mol. The summed E-state index contributed by atoms with van der Waals surface area (Å²) in [7, 11) is 0. The van der Waals surface area contributed by atoms with Gasteiger partial charge in [0.15, 0.2) is 0 Å². The second-order valence-electron chi connectivity index (χ2n) is 6.03. The summed E-state index contributed by atoms with van der Waals surface area (Å²) in [4.78, 5) is 15.2. The minimum atomic E-state index is -0.341. The van der Waals surface area contributed by atoms with E-state index in [0.29, 0.717) is 5.02 Å². The molecule has 2 aromatic rings. The summed E-state index contributed by atoms with van der Waals surface area (Å²) in [5.41, 5.74) is 2.82. The third-order valence-electron chi connectivity index (χ3n) is 4.24. The van der Waals surface area contributed by atoms with Crippen LogP contribution in [-0.2, 0) is 4.79 Å². The zero-order chi connectivity index (χ0) is 16.2. The molecule has 1 amide bonds. The normalized spacial score (nSPS) is 16.3. The minimum absolute atomic E-state index is 0.0226. The molecule has 1 N–H and O–H groups in total. The number of carbonyl (C=O) groups is 1. The van der Waals surface area contributed by atoms with Gasteiger partial charge in [-0.1, -0.05) is 41.9 Å². The maximum atomic E-state index is 13.0. The third kappa shape index (κ3) is 3.74. The molecule has 0 radical (unpaired) electrons. The summed E-state index contributed by atoms with van der Waals surface area (Å²) in [6, 6.07) is 15.1. The Morgan fingerprint density at radius 3 is 2.57 bits per heavy atom. The smallest absolute Gasteiger partial charge is 0.246 e. The Balaban J connectivity index is 1.88. The van der Waals surface area contributed by atoms with E-state index in [0.717, 1.165) is 42.7 Å². The van der Waals surface area contributed by atoms with Gasteiger partial charge >= 0.3 is 0 Å². The Bertz CT molecular complexity index is 695. The molecule has 1 heterocycles. The molecule has 1 aliphatic heterocycles. The van der Waals surface area contributed by atoms with Crippen molar-refractivity contribution in [2.24, 2.45) is 0 Å². The zero-order valence-electron chi connectivity index (χ0n) is 13.3. The van der Waals surface area contributed by atoms with Crippen LogP contribution < -0.4 is 5.32 Å². The van der Waals surface area contributed by atoms with Crippen LogP contribution in [0, 0.1) is 6.92 Å². The van der Waals surface area contributed by atoms with E-state index in [2.05, 4.69) is 10.2 Å². The third-order valence-corrected chi connectivity index (χ3v) is 4.58. The molecule has 0 bridgehead atoms. The summed E-state index contributed by atoms with van der Waals surface area (Å²) >= 11 is 6.36. The number of halogens is 1. The Kier molecular flexibility index (Phi) is 4.99. The van der Waals surface area contributed by atoms with Crippen molar-refractivity contribution in [1.82, 2.24) is 4.90 Å². The van der Waals surface area contributed by atoms with Crippen molar-refractivity contribution in [3.05, 3.63) is 64.7 Å². The van der Waals surface area contributed by atoms with Gasteiger partial charge in [-0.3, -0.25) is 9.69 Å². The van der Waals surface area contributed by atoms with E-state index in [-0.39, 0.29) is 11.9 Å². The van der Waals surface area contributed by atoms with E-state index in [4.69, 9.17) is 11.6 Å². The lowest BCUT2D eigenvalue weighted by Crippen LogP contribution is -2.35. The molecule has 4 heteroatoms. The van der Waals surface area contributed by atoms with Gasteiger partial charge in [0.25, 0.3) is 0 Å². The first-order valence-corrected chi connectivity index (χ1v) is 8.39. The van der Waals surface area contributed by atoms with Crippen LogP contribution in [0.1, 0.15) is 30.0 Å². The van der Waals surface area contributed by atoms with E-state index in [1.807, 2.05) is 55.5 Å². The van der Waals surface area contributed by atoms with E-state index >= 15 is 0 Å². The van der Waals surface area contributed by atoms with Crippen molar-refractivity contribution >= 4 is 23.2 Å². The summed E-state index contributed by atoms with van der Waals surface area (Å²) < 4.78 is 0. The van der Waals surface area contributed by atoms with Crippen molar-refractivity contribution < 1.29 is 4.79 Å². The highest BCUT2D eigenvalue weighted by Gasteiger charge is 2.31. The van der Waals surface area contributed by atoms with Crippen LogP contribution in [0.4, 0.5) is 5.69 Å². The number of likely N-dealkylation sites (tertiary alicyclic amines) is 1. The van der Waals surface area contributed by atoms with Crippen LogP contribution in [0.15, 0.2) is 48.5 Å². The lowest BCUT2D eigenvalue weighted by atomic mass is 10.0. The van der Waals surface area contributed by atoms with Crippen LogP contribution in [0.3, 0.4) is 0 Å². The summed E-state index contributed by atoms with van der Waals surface area (Å²) in [5, 5.41) is 3.69. The Morgan fingerprint density at radius 1 is 1.13 bits per heavy atom. The van der Waals surface area contributed by atoms with E-state index < -0.39 is 0 Å². The Hall–Kier alpha value is -1.84. The maximum Gasteiger partial charge on any atom is 0.246 e. The molecule has 1 aliphatic rings. The Labute approximate surface area is 142 Å². The molecule has 1 atom stereocenters. The van der Waals surface area contributed by atoms with Crippen LogP contribution >= 0.6 is 11.6 Å². The number of carbonyl (C=O) groups excluding carboxylic acids is 1. The molecule has 0 saturated carbocycles. The van der Waals surface area contributed by atoms with Crippen LogP contribution in [0.2, 0.25) is 5.02 Å². The average Bonchev–Trinajstić information content (AvgIpc) is 3.03. The van der Waals surface area contributed by atoms with Gasteiger partial charge in [0.1, 0.15) is 6.04 Å². The van der Waals surface area contributed by atoms with Gasteiger partial charge in [0.05, 0.1) is 0 Å². The summed E-state index contributed by atoms with van der Waals surface area (Å²) in [5.74, 6) is -0.0226. The van der Waals surface area contributed by atoms with E-state index in [1.165, 1.54) is 0 Å². The number of nitrogens with one attached hydrogen (secondary N) is 1. The lowest BCUT2D eigenvalue weighted by molar-refractivity contribution is -0.121. The number of anilines is 1. The van der Waals surface area contributed by atoms with Crippen molar-refractivity contribution in [1.29, 1.82) is 0 Å². The van der Waals surface area contributed by atoms with E-state index in [9.17, 15) is 4.79 Å². The molecule has 120 valence electrons. The Morgan fingerprint density at radius 2 is 1.87 bits per heavy atom. The number of amides is 1. The van der Waals surface area contributed by atoms with Gasteiger partial charge < -0.3 is 5.32 Å². The second kappa shape index (κ2) is 7.16. The molecule has 1 saturated heterocycles. The molecule has 1 unspecified atom stereocenters. The second-order valence-corrected chi connectivity index (χ2v) is 6.43. The van der Waals surface area contributed by atoms with Gasteiger partial charge in [0, 0.05) is 10.7 Å². The van der Waals surface area contributed by atoms with Gasteiger partial charge in [0.2, 0.25) is 5.91 Å². The predicted octanol–water partition coefficient (Wildman–Crippen LogP) is 4.42. The fourth-order valence-corrected chi connectivity index (χ4v) is 3.37. The zero-order valence-corrected chi connectivity index (χ0v) is 14.0. The fourth-order valence-electron chi connectivity index (χ4n) is 3.13. The molecule has 0 aliphatic carbocycles. The van der Waals surface area contributed by atoms with Crippen molar-refractivity contribution in [3.63, 3.8) is 0 Å². The standard InChI is InChI=1S/C19H21ClN2O/c1-14-7-6-8-15(13-14)21-19(23)18(22-11-4-5-12-22)16-9-2-3-10-17(16)20/h2-3,6-10,13,18H,4-5,11-12H2,1H3,(H,21,23). The highest BCUT2D eigenvalue weighted by molar-refractivity contribution is 6.31. The van der Waals surface area contributed by atoms with E-state index in [1.54, 1.807) is 0 Å².